The van der Waals surface area contributed by atoms with Crippen LogP contribution < -0.4 is 0 Å². The summed E-state index contributed by atoms with van der Waals surface area (Å²) in [7, 11) is 0. The van der Waals surface area contributed by atoms with Gasteiger partial charge in [0.1, 0.15) is 0 Å². The van der Waals surface area contributed by atoms with Gasteiger partial charge in [0.05, 0.1) is 5.69 Å². The first-order valence-corrected chi connectivity index (χ1v) is 5.37. The normalized spacial score (nSPS) is 9.18. The van der Waals surface area contributed by atoms with E-state index in [-0.39, 0.29) is 0 Å². The Kier molecular flexibility index (Phi) is 4.06. The Morgan fingerprint density at radius 1 is 0.765 bits per heavy atom. The summed E-state index contributed by atoms with van der Waals surface area (Å²) in [5, 5.41) is 6.21. The second-order valence-corrected chi connectivity index (χ2v) is 3.35. The minimum atomic E-state index is 1.03. The summed E-state index contributed by atoms with van der Waals surface area (Å²) < 4.78 is 0. The van der Waals surface area contributed by atoms with E-state index in [1.54, 1.807) is 12.4 Å². The molecule has 1 aromatic carbocycles. The lowest BCUT2D eigenvalue weighted by molar-refractivity contribution is 1.09. The molecule has 0 aliphatic rings. The van der Waals surface area contributed by atoms with Crippen molar-refractivity contribution in [3.8, 4) is 11.3 Å². The molecule has 3 aromatic rings. The van der Waals surface area contributed by atoms with E-state index in [2.05, 4.69) is 27.3 Å². The molecule has 0 bridgehead atoms. The van der Waals surface area contributed by atoms with Gasteiger partial charge in [-0.25, -0.2) is 0 Å². The lowest BCUT2D eigenvalue weighted by atomic mass is 10.1. The fourth-order valence-electron chi connectivity index (χ4n) is 1.36. The van der Waals surface area contributed by atoms with Crippen molar-refractivity contribution in [2.75, 3.05) is 0 Å². The Balaban J connectivity index is 0.000000181. The molecule has 2 aromatic heterocycles. The maximum absolute atomic E-state index is 4.25. The molecule has 0 unspecified atom stereocenters. The van der Waals surface area contributed by atoms with Crippen molar-refractivity contribution in [2.45, 2.75) is 0 Å². The minimum absolute atomic E-state index is 1.03. The summed E-state index contributed by atoms with van der Waals surface area (Å²) in [5.41, 5.74) is 2.19. The SMILES string of the molecule is c1ccc(-c2ccccn2)cc1.c1cn[nH]c1. The number of rotatable bonds is 1. The Labute approximate surface area is 100 Å². The van der Waals surface area contributed by atoms with Crippen LogP contribution in [-0.4, -0.2) is 15.2 Å². The third kappa shape index (κ3) is 3.57. The van der Waals surface area contributed by atoms with E-state index in [9.17, 15) is 0 Å². The maximum atomic E-state index is 4.25. The van der Waals surface area contributed by atoms with Crippen molar-refractivity contribution in [2.24, 2.45) is 0 Å². The Bertz CT molecular complexity index is 449. The lowest BCUT2D eigenvalue weighted by Crippen LogP contribution is -1.79. The summed E-state index contributed by atoms with van der Waals surface area (Å²) in [5.74, 6) is 0. The maximum Gasteiger partial charge on any atom is 0.0701 e. The number of benzene rings is 1. The molecular formula is C14H13N3. The highest BCUT2D eigenvalue weighted by atomic mass is 15.1. The van der Waals surface area contributed by atoms with E-state index in [1.165, 1.54) is 0 Å². The average Bonchev–Trinajstić information content (AvgIpc) is 3.00. The first kappa shape index (κ1) is 11.1. The molecule has 0 fully saturated rings. The molecular weight excluding hydrogens is 210 g/mol. The van der Waals surface area contributed by atoms with E-state index in [0.717, 1.165) is 11.3 Å². The Hall–Kier alpha value is -2.42. The summed E-state index contributed by atoms with van der Waals surface area (Å²) in [6.45, 7) is 0. The molecule has 84 valence electrons. The number of aromatic nitrogens is 3. The van der Waals surface area contributed by atoms with Gasteiger partial charge in [-0.3, -0.25) is 10.1 Å². The highest BCUT2D eigenvalue weighted by Gasteiger charge is 1.93. The van der Waals surface area contributed by atoms with Gasteiger partial charge in [-0.1, -0.05) is 36.4 Å². The topological polar surface area (TPSA) is 41.6 Å². The van der Waals surface area contributed by atoms with E-state index in [0.29, 0.717) is 0 Å². The Morgan fingerprint density at radius 2 is 1.59 bits per heavy atom. The molecule has 0 saturated carbocycles. The van der Waals surface area contributed by atoms with Crippen LogP contribution >= 0.6 is 0 Å². The molecule has 0 spiro atoms. The van der Waals surface area contributed by atoms with Gasteiger partial charge < -0.3 is 0 Å². The highest BCUT2D eigenvalue weighted by molar-refractivity contribution is 5.58. The van der Waals surface area contributed by atoms with Gasteiger partial charge in [0.15, 0.2) is 0 Å². The number of hydrogen-bond acceptors (Lipinski definition) is 2. The summed E-state index contributed by atoms with van der Waals surface area (Å²) in [6, 6.07) is 17.9. The smallest absolute Gasteiger partial charge is 0.0701 e. The zero-order valence-corrected chi connectivity index (χ0v) is 9.32. The van der Waals surface area contributed by atoms with Crippen LogP contribution in [0.2, 0.25) is 0 Å². The molecule has 3 nitrogen and oxygen atoms in total. The predicted octanol–water partition coefficient (Wildman–Crippen LogP) is 3.16. The largest absolute Gasteiger partial charge is 0.286 e. The number of nitrogens with zero attached hydrogens (tertiary/aromatic N) is 2. The third-order valence-electron chi connectivity index (χ3n) is 2.14. The molecule has 0 radical (unpaired) electrons. The van der Waals surface area contributed by atoms with Crippen molar-refractivity contribution in [3.63, 3.8) is 0 Å². The zero-order chi connectivity index (χ0) is 11.8. The van der Waals surface area contributed by atoms with Crippen molar-refractivity contribution in [3.05, 3.63) is 73.2 Å². The van der Waals surface area contributed by atoms with Gasteiger partial charge >= 0.3 is 0 Å². The van der Waals surface area contributed by atoms with Crippen LogP contribution in [0.1, 0.15) is 0 Å². The third-order valence-corrected chi connectivity index (χ3v) is 2.14. The van der Waals surface area contributed by atoms with Crippen LogP contribution in [0.5, 0.6) is 0 Å². The number of nitrogens with one attached hydrogen (secondary N) is 1. The second kappa shape index (κ2) is 6.23. The molecule has 0 saturated heterocycles. The molecule has 0 aliphatic heterocycles. The molecule has 0 amide bonds. The van der Waals surface area contributed by atoms with Crippen LogP contribution in [0.15, 0.2) is 73.2 Å². The fraction of sp³-hybridized carbons (Fsp3) is 0. The first-order valence-electron chi connectivity index (χ1n) is 5.37. The lowest BCUT2D eigenvalue weighted by Gasteiger charge is -1.97. The molecule has 0 atom stereocenters. The highest BCUT2D eigenvalue weighted by Crippen LogP contribution is 2.14. The van der Waals surface area contributed by atoms with Crippen LogP contribution in [0.4, 0.5) is 0 Å². The number of H-pyrrole nitrogens is 1. The molecule has 3 rings (SSSR count). The number of pyridine rings is 1. The van der Waals surface area contributed by atoms with Gasteiger partial charge in [-0.15, -0.1) is 0 Å². The van der Waals surface area contributed by atoms with Crippen molar-refractivity contribution >= 4 is 0 Å². The molecule has 0 aliphatic carbocycles. The van der Waals surface area contributed by atoms with Gasteiger partial charge in [0.2, 0.25) is 0 Å². The summed E-state index contributed by atoms with van der Waals surface area (Å²) >= 11 is 0. The monoisotopic (exact) mass is 223 g/mol. The minimum Gasteiger partial charge on any atom is -0.286 e. The average molecular weight is 223 g/mol. The number of aromatic amines is 1. The molecule has 2 heterocycles. The van der Waals surface area contributed by atoms with E-state index >= 15 is 0 Å². The molecule has 17 heavy (non-hydrogen) atoms. The van der Waals surface area contributed by atoms with Crippen LogP contribution in [0.25, 0.3) is 11.3 Å². The van der Waals surface area contributed by atoms with Gasteiger partial charge in [-0.05, 0) is 18.2 Å². The molecule has 1 N–H and O–H groups in total. The van der Waals surface area contributed by atoms with Gasteiger partial charge in [-0.2, -0.15) is 5.10 Å². The van der Waals surface area contributed by atoms with Gasteiger partial charge in [0, 0.05) is 24.2 Å². The van der Waals surface area contributed by atoms with E-state index < -0.39 is 0 Å². The fourth-order valence-corrected chi connectivity index (χ4v) is 1.36. The summed E-state index contributed by atoms with van der Waals surface area (Å²) in [6.07, 6.45) is 5.27. The van der Waals surface area contributed by atoms with Crippen molar-refractivity contribution < 1.29 is 0 Å². The van der Waals surface area contributed by atoms with Crippen LogP contribution in [0.3, 0.4) is 0 Å². The van der Waals surface area contributed by atoms with E-state index in [4.69, 9.17) is 0 Å². The van der Waals surface area contributed by atoms with Crippen molar-refractivity contribution in [1.29, 1.82) is 0 Å². The van der Waals surface area contributed by atoms with Crippen LogP contribution in [-0.2, 0) is 0 Å². The first-order chi connectivity index (χ1) is 8.47. The summed E-state index contributed by atoms with van der Waals surface area (Å²) in [4.78, 5) is 4.25. The number of hydrogen-bond donors (Lipinski definition) is 1. The Morgan fingerprint density at radius 3 is 2.12 bits per heavy atom. The van der Waals surface area contributed by atoms with Crippen LogP contribution in [0, 0.1) is 0 Å². The van der Waals surface area contributed by atoms with E-state index in [1.807, 2.05) is 48.7 Å². The predicted molar refractivity (Wildman–Crippen MR) is 68.3 cm³/mol. The van der Waals surface area contributed by atoms with Crippen molar-refractivity contribution in [1.82, 2.24) is 15.2 Å². The standard InChI is InChI=1S/C11H9N.C3H4N2/c1-2-6-10(7-3-1)11-8-4-5-9-12-11;1-2-4-5-3-1/h1-9H;1-3H,(H,4,5). The second-order valence-electron chi connectivity index (χ2n) is 3.35. The van der Waals surface area contributed by atoms with Gasteiger partial charge in [0.25, 0.3) is 0 Å². The quantitative estimate of drug-likeness (QED) is 0.688. The molecule has 3 heteroatoms. The zero-order valence-electron chi connectivity index (χ0n) is 9.32.